The third-order valence-corrected chi connectivity index (χ3v) is 7.68. The van der Waals surface area contributed by atoms with E-state index in [0.29, 0.717) is 32.4 Å². The number of hydrogen-bond donors (Lipinski definition) is 0. The molecule has 0 saturated carbocycles. The molecule has 4 aliphatic rings. The molecule has 6 rings (SSSR count). The lowest BCUT2D eigenvalue weighted by atomic mass is 9.98. The van der Waals surface area contributed by atoms with E-state index in [1.54, 1.807) is 12.2 Å². The Hall–Kier alpha value is -4.35. The lowest BCUT2D eigenvalue weighted by molar-refractivity contribution is -0.0702. The van der Waals surface area contributed by atoms with Gasteiger partial charge in [0.05, 0.1) is 25.5 Å². The van der Waals surface area contributed by atoms with Gasteiger partial charge in [0.2, 0.25) is 0 Å². The molecule has 0 N–H and O–H groups in total. The zero-order valence-corrected chi connectivity index (χ0v) is 21.5. The predicted octanol–water partition coefficient (Wildman–Crippen LogP) is -1.31. The summed E-state index contributed by atoms with van der Waals surface area (Å²) in [5, 5.41) is 9.28. The smallest absolute Gasteiger partial charge is 0.317 e. The molecule has 2 fully saturated rings. The van der Waals surface area contributed by atoms with Crippen LogP contribution in [-0.2, 0) is 33.1 Å². The fraction of sp³-hybridized carbons (Fsp3) is 0.364. The van der Waals surface area contributed by atoms with Gasteiger partial charge in [-0.1, -0.05) is 12.2 Å². The number of rotatable bonds is 6. The van der Waals surface area contributed by atoms with Gasteiger partial charge < -0.3 is 9.80 Å². The maximum atomic E-state index is 13.1. The van der Waals surface area contributed by atoms with Crippen molar-refractivity contribution in [1.29, 1.82) is 0 Å². The Morgan fingerprint density at radius 2 is 1.15 bits per heavy atom. The Morgan fingerprint density at radius 3 is 1.54 bits per heavy atom. The average molecular weight is 559 g/mol. The van der Waals surface area contributed by atoms with Crippen LogP contribution in [0.4, 0.5) is 9.59 Å². The number of aromatic nitrogens is 4. The molecule has 6 heterocycles. The molecule has 17 heteroatoms. The summed E-state index contributed by atoms with van der Waals surface area (Å²) in [5.74, 6) is 0. The molecule has 2 saturated heterocycles. The van der Waals surface area contributed by atoms with E-state index in [0.717, 1.165) is 9.36 Å². The molecule has 4 aliphatic heterocycles. The first-order valence-corrected chi connectivity index (χ1v) is 13.1. The Balaban J connectivity index is 1.24. The summed E-state index contributed by atoms with van der Waals surface area (Å²) in [6.45, 7) is 0.552. The summed E-state index contributed by atoms with van der Waals surface area (Å²) in [7, 11) is -2.02. The molecule has 2 aromatic heterocycles. The molecule has 2 aromatic rings. The van der Waals surface area contributed by atoms with Gasteiger partial charge in [0.15, 0.2) is 0 Å². The highest BCUT2D eigenvalue weighted by molar-refractivity contribution is 7.81. The SMILES string of the molecule is Cn1ncc(C2=CCN3CC2N(OS(=O)(=O)ON2C(=O)N4CC=C(c5cnn(C)c(=O)c5)C2C4)C3=O)cc1=O. The zero-order chi connectivity index (χ0) is 27.6. The second-order valence-electron chi connectivity index (χ2n) is 9.35. The molecule has 0 aromatic carbocycles. The second kappa shape index (κ2) is 8.85. The lowest BCUT2D eigenvalue weighted by Gasteiger charge is -2.26. The van der Waals surface area contributed by atoms with Crippen LogP contribution in [0.5, 0.6) is 0 Å². The van der Waals surface area contributed by atoms with E-state index < -0.39 is 34.5 Å². The normalized spacial score (nSPS) is 22.5. The number of hydrogen-bond acceptors (Lipinski definition) is 10. The Kier molecular flexibility index (Phi) is 5.67. The molecule has 0 aliphatic carbocycles. The van der Waals surface area contributed by atoms with Crippen molar-refractivity contribution in [3.05, 3.63) is 68.5 Å². The van der Waals surface area contributed by atoms with Crippen molar-refractivity contribution in [3.63, 3.8) is 0 Å². The number of urea groups is 2. The lowest BCUT2D eigenvalue weighted by Crippen LogP contribution is -2.42. The van der Waals surface area contributed by atoms with Crippen LogP contribution in [0.15, 0.2) is 46.3 Å². The minimum atomic E-state index is -4.99. The molecule has 2 unspecified atom stereocenters. The van der Waals surface area contributed by atoms with Crippen molar-refractivity contribution in [1.82, 2.24) is 39.5 Å². The van der Waals surface area contributed by atoms with Gasteiger partial charge in [0, 0.05) is 50.4 Å². The zero-order valence-electron chi connectivity index (χ0n) is 20.7. The third-order valence-electron chi connectivity index (χ3n) is 7.00. The standard InChI is InChI=1S/C22H22N8O8S/c1-25-19(31)7-13(9-23-25)15-3-5-27-11-17(15)29(21(27)33)37-39(35,36)38-30-18-12-28(22(30)34)6-4-16(18)14-8-20(32)26(2)24-10-14/h3-4,7-10,17-18H,5-6,11-12H2,1-2H3. The highest BCUT2D eigenvalue weighted by atomic mass is 32.3. The highest BCUT2D eigenvalue weighted by Gasteiger charge is 2.49. The molecular weight excluding hydrogens is 536 g/mol. The fourth-order valence-corrected chi connectivity index (χ4v) is 5.72. The van der Waals surface area contributed by atoms with Gasteiger partial charge in [-0.2, -0.15) is 28.7 Å². The monoisotopic (exact) mass is 558 g/mol. The van der Waals surface area contributed by atoms with Crippen molar-refractivity contribution >= 4 is 33.6 Å². The summed E-state index contributed by atoms with van der Waals surface area (Å²) in [4.78, 5) is 52.7. The number of carbonyl (C=O) groups excluding carboxylic acids is 2. The van der Waals surface area contributed by atoms with E-state index in [1.807, 2.05) is 0 Å². The molecule has 4 amide bonds. The Labute approximate surface area is 220 Å². The van der Waals surface area contributed by atoms with Crippen molar-refractivity contribution in [3.8, 4) is 0 Å². The van der Waals surface area contributed by atoms with Gasteiger partial charge in [-0.25, -0.2) is 19.0 Å². The minimum absolute atomic E-state index is 0.108. The van der Waals surface area contributed by atoms with Crippen molar-refractivity contribution < 1.29 is 26.6 Å². The van der Waals surface area contributed by atoms with Crippen LogP contribution in [0.25, 0.3) is 11.1 Å². The van der Waals surface area contributed by atoms with E-state index in [2.05, 4.69) is 10.2 Å². The first-order chi connectivity index (χ1) is 18.5. The van der Waals surface area contributed by atoms with E-state index in [9.17, 15) is 27.6 Å². The van der Waals surface area contributed by atoms with Crippen molar-refractivity contribution in [2.45, 2.75) is 12.1 Å². The highest BCUT2D eigenvalue weighted by Crippen LogP contribution is 2.35. The van der Waals surface area contributed by atoms with Crippen LogP contribution in [0.3, 0.4) is 0 Å². The van der Waals surface area contributed by atoms with Crippen LogP contribution in [0.1, 0.15) is 11.1 Å². The first-order valence-electron chi connectivity index (χ1n) is 11.8. The summed E-state index contributed by atoms with van der Waals surface area (Å²) in [5.41, 5.74) is 1.04. The van der Waals surface area contributed by atoms with Crippen molar-refractivity contribution in [2.75, 3.05) is 26.2 Å². The maximum absolute atomic E-state index is 13.1. The third kappa shape index (κ3) is 4.19. The van der Waals surface area contributed by atoms with E-state index in [-0.39, 0.29) is 37.3 Å². The van der Waals surface area contributed by atoms with Gasteiger partial charge in [0.1, 0.15) is 12.1 Å². The Morgan fingerprint density at radius 1 is 0.744 bits per heavy atom. The topological polar surface area (TPSA) is 169 Å². The fourth-order valence-electron chi connectivity index (χ4n) is 4.96. The van der Waals surface area contributed by atoms with Crippen LogP contribution in [0.2, 0.25) is 0 Å². The molecule has 204 valence electrons. The number of hydroxylamine groups is 4. The number of nitrogens with zero attached hydrogens (tertiary/aromatic N) is 8. The summed E-state index contributed by atoms with van der Waals surface area (Å²) >= 11 is 0. The van der Waals surface area contributed by atoms with Gasteiger partial charge in [0.25, 0.3) is 11.1 Å². The van der Waals surface area contributed by atoms with E-state index in [1.165, 1.54) is 48.4 Å². The van der Waals surface area contributed by atoms with E-state index in [4.69, 9.17) is 8.57 Å². The Bertz CT molecular complexity index is 1580. The molecular formula is C22H22N8O8S. The predicted molar refractivity (Wildman–Crippen MR) is 131 cm³/mol. The van der Waals surface area contributed by atoms with Gasteiger partial charge in [-0.05, 0) is 11.1 Å². The number of amides is 4. The van der Waals surface area contributed by atoms with Crippen LogP contribution in [-0.4, -0.2) is 98.2 Å². The molecule has 2 atom stereocenters. The molecule has 0 spiro atoms. The van der Waals surface area contributed by atoms with Gasteiger partial charge in [-0.15, -0.1) is 8.57 Å². The van der Waals surface area contributed by atoms with Crippen LogP contribution in [0, 0.1) is 0 Å². The average Bonchev–Trinajstić information content (AvgIpc) is 3.27. The maximum Gasteiger partial charge on any atom is 0.442 e. The molecule has 39 heavy (non-hydrogen) atoms. The molecule has 16 nitrogen and oxygen atoms in total. The summed E-state index contributed by atoms with van der Waals surface area (Å²) in [6, 6.07) is -0.541. The minimum Gasteiger partial charge on any atom is -0.317 e. The quantitative estimate of drug-likeness (QED) is 0.415. The molecule has 4 bridgehead atoms. The van der Waals surface area contributed by atoms with Crippen LogP contribution >= 0.6 is 0 Å². The van der Waals surface area contributed by atoms with Gasteiger partial charge in [-0.3, -0.25) is 9.59 Å². The van der Waals surface area contributed by atoms with Gasteiger partial charge >= 0.3 is 22.5 Å². The molecule has 0 radical (unpaired) electrons. The summed E-state index contributed by atoms with van der Waals surface area (Å²) in [6.07, 6.45) is 6.25. The number of fused-ring (bicyclic) bond motifs is 4. The second-order valence-corrected chi connectivity index (χ2v) is 10.5. The summed E-state index contributed by atoms with van der Waals surface area (Å²) < 4.78 is 38.6. The first kappa shape index (κ1) is 25.0. The van der Waals surface area contributed by atoms with Crippen LogP contribution < -0.4 is 11.1 Å². The van der Waals surface area contributed by atoms with E-state index >= 15 is 0 Å². The largest absolute Gasteiger partial charge is 0.442 e. The van der Waals surface area contributed by atoms with Crippen molar-refractivity contribution in [2.24, 2.45) is 14.1 Å². The number of aryl methyl sites for hydroxylation is 2. The number of carbonyl (C=O) groups is 2.